The lowest BCUT2D eigenvalue weighted by Crippen LogP contribution is -2.55. The van der Waals surface area contributed by atoms with Crippen molar-refractivity contribution < 1.29 is 0 Å². The van der Waals surface area contributed by atoms with Crippen molar-refractivity contribution in [3.05, 3.63) is 24.3 Å². The molecule has 0 bridgehead atoms. The highest BCUT2D eigenvalue weighted by Crippen LogP contribution is 2.26. The first-order valence-electron chi connectivity index (χ1n) is 8.13. The molecule has 0 aliphatic carbocycles. The van der Waals surface area contributed by atoms with Crippen LogP contribution in [0.1, 0.15) is 33.1 Å². The summed E-state index contributed by atoms with van der Waals surface area (Å²) in [4.78, 5) is 5.08. The SMILES string of the molecule is CCC1CNC(C)CN1c1ccc(N2CCCC2)cc1. The molecular formula is C17H27N3. The molecule has 20 heavy (non-hydrogen) atoms. The molecule has 0 spiro atoms. The number of piperazine rings is 1. The molecule has 0 saturated carbocycles. The van der Waals surface area contributed by atoms with Crippen LogP contribution in [0.3, 0.4) is 0 Å². The maximum atomic E-state index is 3.59. The average Bonchev–Trinajstić information content (AvgIpc) is 3.02. The first-order chi connectivity index (χ1) is 9.78. The van der Waals surface area contributed by atoms with Crippen LogP contribution in [0.25, 0.3) is 0 Å². The third-order valence-corrected chi connectivity index (χ3v) is 4.74. The van der Waals surface area contributed by atoms with Gasteiger partial charge in [-0.1, -0.05) is 6.92 Å². The molecule has 2 saturated heterocycles. The zero-order chi connectivity index (χ0) is 13.9. The maximum absolute atomic E-state index is 3.59. The minimum absolute atomic E-state index is 0.580. The van der Waals surface area contributed by atoms with E-state index in [0.29, 0.717) is 12.1 Å². The fourth-order valence-corrected chi connectivity index (χ4v) is 3.47. The molecular weight excluding hydrogens is 246 g/mol. The van der Waals surface area contributed by atoms with Crippen molar-refractivity contribution in [3.63, 3.8) is 0 Å². The smallest absolute Gasteiger partial charge is 0.0412 e. The van der Waals surface area contributed by atoms with E-state index in [9.17, 15) is 0 Å². The molecule has 3 nitrogen and oxygen atoms in total. The standard InChI is InChI=1S/C17H27N3/c1-3-15-12-18-14(2)13-20(15)17-8-6-16(7-9-17)19-10-4-5-11-19/h6-9,14-15,18H,3-5,10-13H2,1-2H3. The van der Waals surface area contributed by atoms with E-state index in [0.717, 1.165) is 13.1 Å². The Morgan fingerprint density at radius 1 is 1.10 bits per heavy atom. The van der Waals surface area contributed by atoms with E-state index in [1.165, 1.54) is 43.7 Å². The third-order valence-electron chi connectivity index (χ3n) is 4.74. The van der Waals surface area contributed by atoms with Crippen LogP contribution in [-0.4, -0.2) is 38.3 Å². The van der Waals surface area contributed by atoms with E-state index >= 15 is 0 Å². The molecule has 1 N–H and O–H groups in total. The molecule has 0 aromatic heterocycles. The third kappa shape index (κ3) is 2.78. The molecule has 2 fully saturated rings. The molecule has 1 aromatic rings. The Hall–Kier alpha value is -1.22. The highest BCUT2D eigenvalue weighted by molar-refractivity contribution is 5.57. The Kier molecular flexibility index (Phi) is 4.16. The van der Waals surface area contributed by atoms with Gasteiger partial charge in [0.1, 0.15) is 0 Å². The molecule has 1 aromatic carbocycles. The van der Waals surface area contributed by atoms with Crippen LogP contribution in [-0.2, 0) is 0 Å². The minimum Gasteiger partial charge on any atom is -0.372 e. The summed E-state index contributed by atoms with van der Waals surface area (Å²) in [5.74, 6) is 0. The molecule has 0 radical (unpaired) electrons. The second-order valence-corrected chi connectivity index (χ2v) is 6.23. The van der Waals surface area contributed by atoms with Gasteiger partial charge in [0.2, 0.25) is 0 Å². The maximum Gasteiger partial charge on any atom is 0.0412 e. The summed E-state index contributed by atoms with van der Waals surface area (Å²) < 4.78 is 0. The van der Waals surface area contributed by atoms with Crippen LogP contribution in [0, 0.1) is 0 Å². The molecule has 110 valence electrons. The second kappa shape index (κ2) is 6.04. The molecule has 2 aliphatic rings. The Balaban J connectivity index is 1.75. The van der Waals surface area contributed by atoms with Gasteiger partial charge in [0.15, 0.2) is 0 Å². The second-order valence-electron chi connectivity index (χ2n) is 6.23. The number of anilines is 2. The van der Waals surface area contributed by atoms with Gasteiger partial charge < -0.3 is 15.1 Å². The summed E-state index contributed by atoms with van der Waals surface area (Å²) in [6, 6.07) is 10.4. The topological polar surface area (TPSA) is 18.5 Å². The monoisotopic (exact) mass is 273 g/mol. The van der Waals surface area contributed by atoms with Gasteiger partial charge >= 0.3 is 0 Å². The van der Waals surface area contributed by atoms with E-state index in [-0.39, 0.29) is 0 Å². The minimum atomic E-state index is 0.580. The van der Waals surface area contributed by atoms with Crippen molar-refractivity contribution in [1.82, 2.24) is 5.32 Å². The Labute approximate surface area is 123 Å². The van der Waals surface area contributed by atoms with Crippen molar-refractivity contribution >= 4 is 11.4 Å². The first kappa shape index (κ1) is 13.7. The zero-order valence-corrected chi connectivity index (χ0v) is 12.8. The molecule has 3 rings (SSSR count). The fourth-order valence-electron chi connectivity index (χ4n) is 3.47. The lowest BCUT2D eigenvalue weighted by atomic mass is 10.1. The van der Waals surface area contributed by atoms with Crippen molar-refractivity contribution in [2.45, 2.75) is 45.2 Å². The lowest BCUT2D eigenvalue weighted by molar-refractivity contribution is 0.402. The largest absolute Gasteiger partial charge is 0.372 e. The van der Waals surface area contributed by atoms with Gasteiger partial charge in [-0.3, -0.25) is 0 Å². The van der Waals surface area contributed by atoms with Crippen LogP contribution in [0.2, 0.25) is 0 Å². The summed E-state index contributed by atoms with van der Waals surface area (Å²) in [7, 11) is 0. The zero-order valence-electron chi connectivity index (χ0n) is 12.8. The van der Waals surface area contributed by atoms with E-state index in [2.05, 4.69) is 53.2 Å². The lowest BCUT2D eigenvalue weighted by Gasteiger charge is -2.40. The number of hydrogen-bond donors (Lipinski definition) is 1. The number of nitrogens with zero attached hydrogens (tertiary/aromatic N) is 2. The van der Waals surface area contributed by atoms with Crippen molar-refractivity contribution in [3.8, 4) is 0 Å². The van der Waals surface area contributed by atoms with E-state index in [1.54, 1.807) is 0 Å². The summed E-state index contributed by atoms with van der Waals surface area (Å²) in [6.45, 7) is 9.22. The molecule has 2 atom stereocenters. The molecule has 2 aliphatic heterocycles. The van der Waals surface area contributed by atoms with Gasteiger partial charge in [0, 0.05) is 49.6 Å². The Morgan fingerprint density at radius 2 is 1.75 bits per heavy atom. The van der Waals surface area contributed by atoms with Crippen molar-refractivity contribution in [2.75, 3.05) is 36.0 Å². The normalized spacial score (nSPS) is 27.1. The van der Waals surface area contributed by atoms with Crippen LogP contribution in [0.4, 0.5) is 11.4 Å². The average molecular weight is 273 g/mol. The number of hydrogen-bond acceptors (Lipinski definition) is 3. The first-order valence-corrected chi connectivity index (χ1v) is 8.13. The van der Waals surface area contributed by atoms with E-state index < -0.39 is 0 Å². The summed E-state index contributed by atoms with van der Waals surface area (Å²) in [6.07, 6.45) is 3.89. The van der Waals surface area contributed by atoms with Gasteiger partial charge in [-0.15, -0.1) is 0 Å². The predicted molar refractivity (Wildman–Crippen MR) is 86.8 cm³/mol. The number of nitrogens with one attached hydrogen (secondary N) is 1. The van der Waals surface area contributed by atoms with Gasteiger partial charge in [-0.2, -0.15) is 0 Å². The van der Waals surface area contributed by atoms with Gasteiger partial charge in [-0.25, -0.2) is 0 Å². The number of benzene rings is 1. The highest BCUT2D eigenvalue weighted by atomic mass is 15.2. The summed E-state index contributed by atoms with van der Waals surface area (Å²) >= 11 is 0. The highest BCUT2D eigenvalue weighted by Gasteiger charge is 2.24. The molecule has 3 heteroatoms. The Morgan fingerprint density at radius 3 is 2.40 bits per heavy atom. The van der Waals surface area contributed by atoms with Crippen molar-refractivity contribution in [1.29, 1.82) is 0 Å². The Bertz CT molecular complexity index is 422. The van der Waals surface area contributed by atoms with Crippen LogP contribution in [0.15, 0.2) is 24.3 Å². The molecule has 2 unspecified atom stereocenters. The van der Waals surface area contributed by atoms with Crippen molar-refractivity contribution in [2.24, 2.45) is 0 Å². The fraction of sp³-hybridized carbons (Fsp3) is 0.647. The van der Waals surface area contributed by atoms with Crippen LogP contribution in [0.5, 0.6) is 0 Å². The number of rotatable bonds is 3. The van der Waals surface area contributed by atoms with Gasteiger partial charge in [0.05, 0.1) is 0 Å². The van der Waals surface area contributed by atoms with E-state index in [1.807, 2.05) is 0 Å². The van der Waals surface area contributed by atoms with E-state index in [4.69, 9.17) is 0 Å². The molecule has 2 heterocycles. The summed E-state index contributed by atoms with van der Waals surface area (Å²) in [5, 5.41) is 3.59. The molecule has 0 amide bonds. The van der Waals surface area contributed by atoms with Crippen LogP contribution >= 0.6 is 0 Å². The summed E-state index contributed by atoms with van der Waals surface area (Å²) in [5.41, 5.74) is 2.77. The predicted octanol–water partition coefficient (Wildman–Crippen LogP) is 2.86. The quantitative estimate of drug-likeness (QED) is 0.913. The van der Waals surface area contributed by atoms with Gasteiger partial charge in [0.25, 0.3) is 0 Å². The van der Waals surface area contributed by atoms with Gasteiger partial charge in [-0.05, 0) is 50.5 Å². The van der Waals surface area contributed by atoms with Crippen LogP contribution < -0.4 is 15.1 Å².